The molecule has 0 radical (unpaired) electrons. The van der Waals surface area contributed by atoms with Crippen LogP contribution in [0.15, 0.2) is 0 Å². The smallest absolute Gasteiger partial charge is 0.314 e. The average Bonchev–Trinajstić information content (AvgIpc) is 2.65. The Bertz CT molecular complexity index is 426. The van der Waals surface area contributed by atoms with Crippen molar-refractivity contribution in [2.45, 2.75) is 57.7 Å². The van der Waals surface area contributed by atoms with Gasteiger partial charge in [-0.25, -0.2) is 4.98 Å². The first-order valence-corrected chi connectivity index (χ1v) is 7.45. The molecule has 0 aliphatic heterocycles. The highest BCUT2D eigenvalue weighted by molar-refractivity contribution is 7.11. The van der Waals surface area contributed by atoms with Crippen molar-refractivity contribution in [3.8, 4) is 0 Å². The minimum absolute atomic E-state index is 0.217. The zero-order chi connectivity index (χ0) is 14.0. The Morgan fingerprint density at radius 3 is 2.79 bits per heavy atom. The number of hydrogen-bond acceptors (Lipinski definition) is 3. The molecule has 0 fully saturated rings. The molecule has 1 aliphatic rings. The van der Waals surface area contributed by atoms with Crippen molar-refractivity contribution in [3.05, 3.63) is 15.6 Å². The predicted octanol–water partition coefficient (Wildman–Crippen LogP) is 3.67. The largest absolute Gasteiger partial charge is 0.395 e. The van der Waals surface area contributed by atoms with Gasteiger partial charge in [0.2, 0.25) is 0 Å². The van der Waals surface area contributed by atoms with Gasteiger partial charge < -0.3 is 5.32 Å². The summed E-state index contributed by atoms with van der Waals surface area (Å²) >= 11 is 1.24. The number of fused-ring (bicyclic) bond motifs is 1. The number of aryl methyl sites for hydroxylation is 1. The van der Waals surface area contributed by atoms with E-state index in [0.29, 0.717) is 6.04 Å². The topological polar surface area (TPSA) is 24.9 Å². The standard InChI is InChI=1S/C13H19F3N2S/c1-8(2)17-7-9-4-3-5-10-12(9)18-11(19-10)6-13(14,15)16/h8-9,17H,3-7H2,1-2H3. The predicted molar refractivity (Wildman–Crippen MR) is 70.7 cm³/mol. The molecule has 108 valence electrons. The molecule has 1 heterocycles. The van der Waals surface area contributed by atoms with Crippen LogP contribution in [0.25, 0.3) is 0 Å². The number of halogens is 3. The lowest BCUT2D eigenvalue weighted by Crippen LogP contribution is -2.29. The van der Waals surface area contributed by atoms with E-state index in [1.165, 1.54) is 11.3 Å². The fraction of sp³-hybridized carbons (Fsp3) is 0.769. The molecule has 1 unspecified atom stereocenters. The van der Waals surface area contributed by atoms with Gasteiger partial charge in [0.15, 0.2) is 0 Å². The average molecular weight is 292 g/mol. The van der Waals surface area contributed by atoms with Crippen molar-refractivity contribution in [3.63, 3.8) is 0 Å². The fourth-order valence-electron chi connectivity index (χ4n) is 2.38. The van der Waals surface area contributed by atoms with E-state index in [-0.39, 0.29) is 10.9 Å². The molecule has 6 heteroatoms. The van der Waals surface area contributed by atoms with Crippen LogP contribution in [0.2, 0.25) is 0 Å². The Morgan fingerprint density at radius 1 is 1.42 bits per heavy atom. The first-order chi connectivity index (χ1) is 8.85. The van der Waals surface area contributed by atoms with Crippen LogP contribution in [0.3, 0.4) is 0 Å². The molecule has 0 amide bonds. The van der Waals surface area contributed by atoms with Gasteiger partial charge >= 0.3 is 6.18 Å². The quantitative estimate of drug-likeness (QED) is 0.916. The van der Waals surface area contributed by atoms with Crippen LogP contribution in [0.4, 0.5) is 13.2 Å². The van der Waals surface area contributed by atoms with Crippen LogP contribution < -0.4 is 5.32 Å². The molecule has 1 aliphatic carbocycles. The van der Waals surface area contributed by atoms with Gasteiger partial charge in [-0.2, -0.15) is 13.2 Å². The summed E-state index contributed by atoms with van der Waals surface area (Å²) in [5.74, 6) is 0.268. The molecular formula is C13H19F3N2S. The summed E-state index contributed by atoms with van der Waals surface area (Å²) in [7, 11) is 0. The van der Waals surface area contributed by atoms with Crippen molar-refractivity contribution in [1.82, 2.24) is 10.3 Å². The molecule has 1 N–H and O–H groups in total. The highest BCUT2D eigenvalue weighted by atomic mass is 32.1. The van der Waals surface area contributed by atoms with Crippen LogP contribution in [0.5, 0.6) is 0 Å². The number of thiazole rings is 1. The highest BCUT2D eigenvalue weighted by Gasteiger charge is 2.32. The highest BCUT2D eigenvalue weighted by Crippen LogP contribution is 2.36. The molecule has 0 saturated heterocycles. The maximum absolute atomic E-state index is 12.4. The van der Waals surface area contributed by atoms with E-state index in [0.717, 1.165) is 36.4 Å². The van der Waals surface area contributed by atoms with Gasteiger partial charge in [0.1, 0.15) is 5.01 Å². The molecule has 1 aromatic heterocycles. The zero-order valence-electron chi connectivity index (χ0n) is 11.2. The summed E-state index contributed by atoms with van der Waals surface area (Å²) in [4.78, 5) is 5.31. The Kier molecular flexibility index (Phi) is 4.50. The molecule has 2 nitrogen and oxygen atoms in total. The van der Waals surface area contributed by atoms with E-state index < -0.39 is 12.6 Å². The van der Waals surface area contributed by atoms with Crippen LogP contribution in [0.1, 0.15) is 48.2 Å². The van der Waals surface area contributed by atoms with Gasteiger partial charge in [0.05, 0.1) is 12.1 Å². The van der Waals surface area contributed by atoms with Gasteiger partial charge in [-0.1, -0.05) is 13.8 Å². The lowest BCUT2D eigenvalue weighted by molar-refractivity contribution is -0.127. The molecule has 0 bridgehead atoms. The van der Waals surface area contributed by atoms with Crippen molar-refractivity contribution in [1.29, 1.82) is 0 Å². The molecule has 1 atom stereocenters. The monoisotopic (exact) mass is 292 g/mol. The third-order valence-electron chi connectivity index (χ3n) is 3.24. The van der Waals surface area contributed by atoms with Gasteiger partial charge in [0, 0.05) is 23.4 Å². The third kappa shape index (κ3) is 4.18. The first kappa shape index (κ1) is 14.8. The second kappa shape index (κ2) is 5.79. The lowest BCUT2D eigenvalue weighted by atomic mass is 9.91. The third-order valence-corrected chi connectivity index (χ3v) is 4.37. The second-order valence-corrected chi connectivity index (χ2v) is 6.53. The van der Waals surface area contributed by atoms with Crippen molar-refractivity contribution in [2.75, 3.05) is 6.54 Å². The number of nitrogens with zero attached hydrogens (tertiary/aromatic N) is 1. The van der Waals surface area contributed by atoms with E-state index >= 15 is 0 Å². The van der Waals surface area contributed by atoms with Gasteiger partial charge in [-0.15, -0.1) is 11.3 Å². The van der Waals surface area contributed by atoms with E-state index in [4.69, 9.17) is 0 Å². The Balaban J connectivity index is 2.10. The lowest BCUT2D eigenvalue weighted by Gasteiger charge is -2.22. The van der Waals surface area contributed by atoms with Crippen molar-refractivity contribution >= 4 is 11.3 Å². The van der Waals surface area contributed by atoms with Crippen molar-refractivity contribution < 1.29 is 13.2 Å². The summed E-state index contributed by atoms with van der Waals surface area (Å²) in [5.41, 5.74) is 0.906. The summed E-state index contributed by atoms with van der Waals surface area (Å²) in [6.45, 7) is 4.94. The number of alkyl halides is 3. The minimum atomic E-state index is -4.16. The molecule has 0 aromatic carbocycles. The molecular weight excluding hydrogens is 273 g/mol. The van der Waals surface area contributed by atoms with E-state index in [9.17, 15) is 13.2 Å². The normalized spacial score (nSPS) is 19.8. The molecule has 1 aromatic rings. The first-order valence-electron chi connectivity index (χ1n) is 6.64. The second-order valence-electron chi connectivity index (χ2n) is 5.36. The van der Waals surface area contributed by atoms with Gasteiger partial charge in [-0.3, -0.25) is 0 Å². The Labute approximate surface area is 115 Å². The van der Waals surface area contributed by atoms with Crippen LogP contribution in [-0.4, -0.2) is 23.7 Å². The summed E-state index contributed by atoms with van der Waals surface area (Å²) in [6, 6.07) is 0.388. The maximum Gasteiger partial charge on any atom is 0.395 e. The molecule has 2 rings (SSSR count). The summed E-state index contributed by atoms with van der Waals surface area (Å²) in [5, 5.41) is 3.57. The molecule has 0 saturated carbocycles. The Hall–Kier alpha value is -0.620. The van der Waals surface area contributed by atoms with Gasteiger partial charge in [-0.05, 0) is 19.3 Å². The van der Waals surface area contributed by atoms with Gasteiger partial charge in [0.25, 0.3) is 0 Å². The summed E-state index contributed by atoms with van der Waals surface area (Å²) < 4.78 is 37.2. The summed E-state index contributed by atoms with van der Waals surface area (Å²) in [6.07, 6.45) is -2.11. The van der Waals surface area contributed by atoms with Crippen LogP contribution in [-0.2, 0) is 12.8 Å². The fourth-order valence-corrected chi connectivity index (χ4v) is 3.61. The van der Waals surface area contributed by atoms with E-state index in [1.807, 2.05) is 0 Å². The number of nitrogens with one attached hydrogen (secondary N) is 1. The molecule has 19 heavy (non-hydrogen) atoms. The number of rotatable bonds is 4. The Morgan fingerprint density at radius 2 is 2.16 bits per heavy atom. The van der Waals surface area contributed by atoms with Crippen LogP contribution >= 0.6 is 11.3 Å². The SMILES string of the molecule is CC(C)NCC1CCCc2sc(CC(F)(F)F)nc21. The number of hydrogen-bond donors (Lipinski definition) is 1. The number of aromatic nitrogens is 1. The van der Waals surface area contributed by atoms with E-state index in [1.54, 1.807) is 0 Å². The zero-order valence-corrected chi connectivity index (χ0v) is 12.0. The maximum atomic E-state index is 12.4. The van der Waals surface area contributed by atoms with Crippen molar-refractivity contribution in [2.24, 2.45) is 0 Å². The molecule has 0 spiro atoms. The van der Waals surface area contributed by atoms with Crippen LogP contribution in [0, 0.1) is 0 Å². The minimum Gasteiger partial charge on any atom is -0.314 e. The van der Waals surface area contributed by atoms with E-state index in [2.05, 4.69) is 24.1 Å².